The summed E-state index contributed by atoms with van der Waals surface area (Å²) in [5.74, 6) is 0.440. The Bertz CT molecular complexity index is 1240. The number of amides is 2. The van der Waals surface area contributed by atoms with Gasteiger partial charge in [0, 0.05) is 10.9 Å². The van der Waals surface area contributed by atoms with Gasteiger partial charge >= 0.3 is 0 Å². The fraction of sp³-hybridized carbons (Fsp3) is 0.227. The number of carbonyl (C=O) groups is 2. The van der Waals surface area contributed by atoms with Crippen molar-refractivity contribution in [3.8, 4) is 10.6 Å². The van der Waals surface area contributed by atoms with E-state index in [1.165, 1.54) is 34.5 Å². The number of carbonyl (C=O) groups excluding carboxylic acids is 2. The number of hydrogen-bond acceptors (Lipinski definition) is 8. The van der Waals surface area contributed by atoms with Crippen LogP contribution in [0.1, 0.15) is 47.1 Å². The lowest BCUT2D eigenvalue weighted by atomic mass is 10.0. The van der Waals surface area contributed by atoms with Crippen molar-refractivity contribution in [2.75, 3.05) is 10.6 Å². The van der Waals surface area contributed by atoms with Gasteiger partial charge in [-0.25, -0.2) is 4.98 Å². The largest absolute Gasteiger partial charge is 0.469 e. The molecule has 3 aromatic heterocycles. The Morgan fingerprint density at radius 3 is 2.53 bits per heavy atom. The highest BCUT2D eigenvalue weighted by atomic mass is 32.1. The molecule has 0 unspecified atom stereocenters. The summed E-state index contributed by atoms with van der Waals surface area (Å²) in [6.07, 6.45) is 1.52. The van der Waals surface area contributed by atoms with Crippen molar-refractivity contribution in [1.82, 2.24) is 15.2 Å². The SMILES string of the molecule is Cc1occc1C(=O)Nc1nc(CC(=O)Nc2nnc(-c3ccc(C(C)C)cc3)s2)cs1. The topological polar surface area (TPSA) is 110 Å². The van der Waals surface area contributed by atoms with Gasteiger partial charge in [-0.1, -0.05) is 49.4 Å². The number of nitrogens with zero attached hydrogens (tertiary/aromatic N) is 3. The molecule has 0 atom stereocenters. The Labute approximate surface area is 192 Å². The molecule has 8 nitrogen and oxygen atoms in total. The van der Waals surface area contributed by atoms with Gasteiger partial charge in [-0.15, -0.1) is 21.5 Å². The molecule has 0 bridgehead atoms. The summed E-state index contributed by atoms with van der Waals surface area (Å²) >= 11 is 2.57. The second-order valence-electron chi connectivity index (χ2n) is 7.40. The van der Waals surface area contributed by atoms with Crippen molar-refractivity contribution in [3.05, 3.63) is 64.6 Å². The lowest BCUT2D eigenvalue weighted by Crippen LogP contribution is -2.15. The maximum Gasteiger partial charge on any atom is 0.260 e. The van der Waals surface area contributed by atoms with E-state index in [1.807, 2.05) is 12.1 Å². The van der Waals surface area contributed by atoms with Crippen LogP contribution in [0.15, 0.2) is 46.4 Å². The standard InChI is InChI=1S/C22H21N5O3S2/c1-12(2)14-4-6-15(7-5-14)20-26-27-22(32-20)24-18(28)10-16-11-31-21(23-16)25-19(29)17-8-9-30-13(17)3/h4-9,11-12H,10H2,1-3H3,(H,23,25,29)(H,24,27,28). The van der Waals surface area contributed by atoms with Gasteiger partial charge in [-0.3, -0.25) is 14.9 Å². The number of hydrogen-bond donors (Lipinski definition) is 2. The summed E-state index contributed by atoms with van der Waals surface area (Å²) in [4.78, 5) is 29.0. The first-order chi connectivity index (χ1) is 15.4. The maximum absolute atomic E-state index is 12.4. The first-order valence-electron chi connectivity index (χ1n) is 9.92. The third-order valence-electron chi connectivity index (χ3n) is 4.71. The summed E-state index contributed by atoms with van der Waals surface area (Å²) in [6, 6.07) is 9.77. The molecule has 2 N–H and O–H groups in total. The van der Waals surface area contributed by atoms with Crippen LogP contribution < -0.4 is 10.6 Å². The van der Waals surface area contributed by atoms with Gasteiger partial charge in [0.15, 0.2) is 5.13 Å². The minimum Gasteiger partial charge on any atom is -0.469 e. The van der Waals surface area contributed by atoms with Crippen LogP contribution in [0.4, 0.5) is 10.3 Å². The Kier molecular flexibility index (Phi) is 6.42. The molecule has 164 valence electrons. The second-order valence-corrected chi connectivity index (χ2v) is 9.24. The quantitative estimate of drug-likeness (QED) is 0.390. The van der Waals surface area contributed by atoms with Crippen molar-refractivity contribution in [3.63, 3.8) is 0 Å². The Balaban J connectivity index is 1.33. The first-order valence-corrected chi connectivity index (χ1v) is 11.6. The first kappa shape index (κ1) is 21.8. The Morgan fingerprint density at radius 2 is 1.84 bits per heavy atom. The number of nitrogens with one attached hydrogen (secondary N) is 2. The molecule has 0 aliphatic carbocycles. The molecule has 10 heteroatoms. The van der Waals surface area contributed by atoms with Crippen LogP contribution in [-0.4, -0.2) is 27.0 Å². The van der Waals surface area contributed by atoms with Crippen LogP contribution in [0.3, 0.4) is 0 Å². The molecule has 0 aliphatic rings. The molecule has 0 saturated heterocycles. The van der Waals surface area contributed by atoms with E-state index in [2.05, 4.69) is 51.8 Å². The smallest absolute Gasteiger partial charge is 0.260 e. The van der Waals surface area contributed by atoms with Crippen molar-refractivity contribution >= 4 is 44.8 Å². The predicted octanol–water partition coefficient (Wildman–Crippen LogP) is 5.12. The van der Waals surface area contributed by atoms with Crippen LogP contribution in [0, 0.1) is 6.92 Å². The lowest BCUT2D eigenvalue weighted by Gasteiger charge is -2.04. The van der Waals surface area contributed by atoms with Gasteiger partial charge in [0.25, 0.3) is 5.91 Å². The number of thiazole rings is 1. The number of furan rings is 1. The summed E-state index contributed by atoms with van der Waals surface area (Å²) in [5, 5.41) is 17.0. The number of rotatable bonds is 7. The molecule has 4 rings (SSSR count). The number of anilines is 2. The van der Waals surface area contributed by atoms with Crippen LogP contribution >= 0.6 is 22.7 Å². The van der Waals surface area contributed by atoms with Crippen LogP contribution in [-0.2, 0) is 11.2 Å². The van der Waals surface area contributed by atoms with Gasteiger partial charge in [-0.05, 0) is 24.5 Å². The maximum atomic E-state index is 12.4. The molecule has 32 heavy (non-hydrogen) atoms. The summed E-state index contributed by atoms with van der Waals surface area (Å²) in [6.45, 7) is 6.01. The van der Waals surface area contributed by atoms with E-state index in [0.717, 1.165) is 10.6 Å². The zero-order chi connectivity index (χ0) is 22.7. The van der Waals surface area contributed by atoms with E-state index >= 15 is 0 Å². The normalized spacial score (nSPS) is 11.0. The van der Waals surface area contributed by atoms with Crippen molar-refractivity contribution in [2.24, 2.45) is 0 Å². The number of benzene rings is 1. The minimum absolute atomic E-state index is 0.0646. The zero-order valence-corrected chi connectivity index (χ0v) is 19.3. The summed E-state index contributed by atoms with van der Waals surface area (Å²) in [5.41, 5.74) is 3.22. The highest BCUT2D eigenvalue weighted by Gasteiger charge is 2.15. The highest BCUT2D eigenvalue weighted by Crippen LogP contribution is 2.28. The van der Waals surface area contributed by atoms with Gasteiger partial charge < -0.3 is 9.73 Å². The van der Waals surface area contributed by atoms with Crippen molar-refractivity contribution < 1.29 is 14.0 Å². The minimum atomic E-state index is -0.301. The highest BCUT2D eigenvalue weighted by molar-refractivity contribution is 7.18. The molecular formula is C22H21N5O3S2. The Morgan fingerprint density at radius 1 is 1.06 bits per heavy atom. The lowest BCUT2D eigenvalue weighted by molar-refractivity contribution is -0.115. The third-order valence-corrected chi connectivity index (χ3v) is 6.41. The van der Waals surface area contributed by atoms with Crippen molar-refractivity contribution in [2.45, 2.75) is 33.1 Å². The predicted molar refractivity (Wildman–Crippen MR) is 125 cm³/mol. The number of aromatic nitrogens is 3. The summed E-state index contributed by atoms with van der Waals surface area (Å²) in [7, 11) is 0. The van der Waals surface area contributed by atoms with Gasteiger partial charge in [0.05, 0.1) is 23.9 Å². The van der Waals surface area contributed by atoms with Crippen LogP contribution in [0.25, 0.3) is 10.6 Å². The van der Waals surface area contributed by atoms with Gasteiger partial charge in [0.1, 0.15) is 10.8 Å². The molecule has 1 aromatic carbocycles. The third kappa shape index (κ3) is 5.09. The van der Waals surface area contributed by atoms with Crippen LogP contribution in [0.2, 0.25) is 0 Å². The van der Waals surface area contributed by atoms with Crippen LogP contribution in [0.5, 0.6) is 0 Å². The fourth-order valence-electron chi connectivity index (χ4n) is 2.96. The second kappa shape index (κ2) is 9.41. The average molecular weight is 468 g/mol. The van der Waals surface area contributed by atoms with E-state index in [-0.39, 0.29) is 18.2 Å². The van der Waals surface area contributed by atoms with Gasteiger partial charge in [0.2, 0.25) is 11.0 Å². The molecule has 2 amide bonds. The fourth-order valence-corrected chi connectivity index (χ4v) is 4.43. The molecule has 0 saturated carbocycles. The molecule has 0 radical (unpaired) electrons. The van der Waals surface area contributed by atoms with Crippen molar-refractivity contribution in [1.29, 1.82) is 0 Å². The number of aryl methyl sites for hydroxylation is 1. The zero-order valence-electron chi connectivity index (χ0n) is 17.7. The van der Waals surface area contributed by atoms with E-state index in [9.17, 15) is 9.59 Å². The summed E-state index contributed by atoms with van der Waals surface area (Å²) < 4.78 is 5.14. The molecule has 3 heterocycles. The average Bonchev–Trinajstić information content (AvgIpc) is 3.50. The Hall–Kier alpha value is -3.37. The monoisotopic (exact) mass is 467 g/mol. The molecular weight excluding hydrogens is 446 g/mol. The molecule has 4 aromatic rings. The van der Waals surface area contributed by atoms with E-state index in [4.69, 9.17) is 4.42 Å². The van der Waals surface area contributed by atoms with E-state index < -0.39 is 0 Å². The molecule has 0 aliphatic heterocycles. The van der Waals surface area contributed by atoms with Gasteiger partial charge in [-0.2, -0.15) is 0 Å². The van der Waals surface area contributed by atoms with E-state index in [0.29, 0.717) is 33.2 Å². The molecule has 0 fully saturated rings. The molecule has 0 spiro atoms. The van der Waals surface area contributed by atoms with E-state index in [1.54, 1.807) is 18.4 Å².